The molecular formula is C18H22BFN2O5. The molecular weight excluding hydrogens is 354 g/mol. The summed E-state index contributed by atoms with van der Waals surface area (Å²) in [6, 6.07) is 5.57. The summed E-state index contributed by atoms with van der Waals surface area (Å²) in [4.78, 5) is 12.4. The summed E-state index contributed by atoms with van der Waals surface area (Å²) < 4.78 is 37.8. The molecule has 144 valence electrons. The number of methoxy groups -OCH3 is 2. The molecule has 1 aromatic heterocycles. The summed E-state index contributed by atoms with van der Waals surface area (Å²) in [5, 5.41) is 4.27. The molecule has 0 N–H and O–H groups in total. The molecule has 1 aliphatic heterocycles. The number of hydrogen-bond acceptors (Lipinski definition) is 6. The molecule has 2 heterocycles. The van der Waals surface area contributed by atoms with Crippen LogP contribution in [-0.2, 0) is 9.31 Å². The summed E-state index contributed by atoms with van der Waals surface area (Å²) in [6.07, 6.45) is 0. The molecule has 1 saturated heterocycles. The van der Waals surface area contributed by atoms with Gasteiger partial charge in [0.05, 0.1) is 31.0 Å². The zero-order valence-electron chi connectivity index (χ0n) is 16.2. The van der Waals surface area contributed by atoms with Crippen molar-refractivity contribution in [1.29, 1.82) is 0 Å². The fourth-order valence-corrected chi connectivity index (χ4v) is 2.67. The highest BCUT2D eigenvalue weighted by Gasteiger charge is 2.52. The third kappa shape index (κ3) is 3.32. The maximum Gasteiger partial charge on any atom is 0.516 e. The van der Waals surface area contributed by atoms with E-state index in [9.17, 15) is 9.18 Å². The van der Waals surface area contributed by atoms with E-state index in [0.717, 1.165) is 4.68 Å². The minimum absolute atomic E-state index is 0.0564. The Morgan fingerprint density at radius 1 is 1.07 bits per heavy atom. The van der Waals surface area contributed by atoms with Gasteiger partial charge in [-0.25, -0.2) is 4.39 Å². The minimum Gasteiger partial charge on any atom is -0.497 e. The van der Waals surface area contributed by atoms with E-state index < -0.39 is 29.7 Å². The predicted octanol–water partition coefficient (Wildman–Crippen LogP) is 1.69. The van der Waals surface area contributed by atoms with Gasteiger partial charge < -0.3 is 18.8 Å². The highest BCUT2D eigenvalue weighted by atomic mass is 19.1. The van der Waals surface area contributed by atoms with Gasteiger partial charge >= 0.3 is 7.12 Å². The quantitative estimate of drug-likeness (QED) is 0.757. The van der Waals surface area contributed by atoms with Crippen LogP contribution >= 0.6 is 0 Å². The lowest BCUT2D eigenvalue weighted by atomic mass is 9.85. The minimum atomic E-state index is -0.780. The van der Waals surface area contributed by atoms with Crippen LogP contribution in [-0.4, -0.2) is 42.3 Å². The number of benzene rings is 1. The monoisotopic (exact) mass is 376 g/mol. The molecule has 9 heteroatoms. The first-order valence-corrected chi connectivity index (χ1v) is 8.47. The molecule has 1 aromatic carbocycles. The van der Waals surface area contributed by atoms with Gasteiger partial charge in [-0.1, -0.05) is 0 Å². The zero-order valence-corrected chi connectivity index (χ0v) is 16.2. The number of aromatic nitrogens is 2. The molecule has 0 bridgehead atoms. The van der Waals surface area contributed by atoms with Crippen molar-refractivity contribution in [3.63, 3.8) is 0 Å². The standard InChI is InChI=1S/C18H22BFN2O5/c1-17(2)18(3,4)27-19(26-17)14-7-8-15(23)22(21-14)12-9-11(24-5)10-13(25-6)16(12)20/h7-10H,1-6H3. The fourth-order valence-electron chi connectivity index (χ4n) is 2.67. The molecule has 1 fully saturated rings. The molecule has 0 saturated carbocycles. The van der Waals surface area contributed by atoms with Crippen LogP contribution in [0, 0.1) is 5.82 Å². The Hall–Kier alpha value is -2.39. The normalized spacial score (nSPS) is 17.8. The second-order valence-corrected chi connectivity index (χ2v) is 7.26. The van der Waals surface area contributed by atoms with Crippen molar-refractivity contribution in [3.8, 4) is 17.2 Å². The van der Waals surface area contributed by atoms with Crippen LogP contribution in [0.4, 0.5) is 4.39 Å². The summed E-state index contributed by atoms with van der Waals surface area (Å²) in [5.74, 6) is -0.448. The largest absolute Gasteiger partial charge is 0.516 e. The van der Waals surface area contributed by atoms with Gasteiger partial charge in [0.25, 0.3) is 5.56 Å². The van der Waals surface area contributed by atoms with Crippen molar-refractivity contribution < 1.29 is 23.2 Å². The molecule has 27 heavy (non-hydrogen) atoms. The summed E-state index contributed by atoms with van der Waals surface area (Å²) in [5.41, 5.74) is -1.37. The van der Waals surface area contributed by atoms with Gasteiger partial charge in [-0.05, 0) is 33.8 Å². The van der Waals surface area contributed by atoms with E-state index in [-0.39, 0.29) is 11.4 Å². The summed E-state index contributed by atoms with van der Waals surface area (Å²) in [6.45, 7) is 7.65. The molecule has 1 aliphatic rings. The predicted molar refractivity (Wildman–Crippen MR) is 98.6 cm³/mol. The van der Waals surface area contributed by atoms with Crippen molar-refractivity contribution in [2.24, 2.45) is 0 Å². The van der Waals surface area contributed by atoms with Crippen LogP contribution in [0.5, 0.6) is 11.5 Å². The molecule has 0 spiro atoms. The molecule has 0 aliphatic carbocycles. The molecule has 0 atom stereocenters. The van der Waals surface area contributed by atoms with Crippen LogP contribution in [0.3, 0.4) is 0 Å². The molecule has 0 unspecified atom stereocenters. The maximum absolute atomic E-state index is 14.8. The summed E-state index contributed by atoms with van der Waals surface area (Å²) in [7, 11) is 1.99. The van der Waals surface area contributed by atoms with Gasteiger partial charge in [-0.3, -0.25) is 4.79 Å². The third-order valence-electron chi connectivity index (χ3n) is 4.99. The molecule has 2 aromatic rings. The first-order valence-electron chi connectivity index (χ1n) is 8.47. The van der Waals surface area contributed by atoms with Crippen molar-refractivity contribution >= 4 is 12.7 Å². The number of hydrogen-bond donors (Lipinski definition) is 0. The lowest BCUT2D eigenvalue weighted by Crippen LogP contribution is -2.41. The third-order valence-corrected chi connectivity index (χ3v) is 4.99. The van der Waals surface area contributed by atoms with Crippen LogP contribution in [0.1, 0.15) is 27.7 Å². The lowest BCUT2D eigenvalue weighted by Gasteiger charge is -2.32. The van der Waals surface area contributed by atoms with E-state index in [1.54, 1.807) is 0 Å². The van der Waals surface area contributed by atoms with Crippen molar-refractivity contribution in [2.45, 2.75) is 38.9 Å². The Labute approximate surface area is 157 Å². The molecule has 7 nitrogen and oxygen atoms in total. The number of nitrogens with zero attached hydrogens (tertiary/aromatic N) is 2. The topological polar surface area (TPSA) is 71.8 Å². The Morgan fingerprint density at radius 2 is 1.70 bits per heavy atom. The van der Waals surface area contributed by atoms with Gasteiger partial charge in [0.1, 0.15) is 11.4 Å². The van der Waals surface area contributed by atoms with Gasteiger partial charge in [0.15, 0.2) is 11.6 Å². The van der Waals surface area contributed by atoms with E-state index in [1.165, 1.54) is 38.5 Å². The lowest BCUT2D eigenvalue weighted by molar-refractivity contribution is 0.00578. The van der Waals surface area contributed by atoms with Gasteiger partial charge in [-0.2, -0.15) is 9.78 Å². The molecule has 0 radical (unpaired) electrons. The second-order valence-electron chi connectivity index (χ2n) is 7.26. The number of halogens is 1. The van der Waals surface area contributed by atoms with Crippen LogP contribution < -0.4 is 20.6 Å². The van der Waals surface area contributed by atoms with E-state index in [2.05, 4.69) is 5.10 Å². The van der Waals surface area contributed by atoms with Crippen molar-refractivity contribution in [3.05, 3.63) is 40.4 Å². The highest BCUT2D eigenvalue weighted by Crippen LogP contribution is 2.36. The van der Waals surface area contributed by atoms with Crippen molar-refractivity contribution in [2.75, 3.05) is 14.2 Å². The van der Waals surface area contributed by atoms with Crippen LogP contribution in [0.15, 0.2) is 29.1 Å². The summed E-state index contributed by atoms with van der Waals surface area (Å²) >= 11 is 0. The van der Waals surface area contributed by atoms with E-state index >= 15 is 0 Å². The average molecular weight is 376 g/mol. The van der Waals surface area contributed by atoms with Gasteiger partial charge in [-0.15, -0.1) is 0 Å². The second kappa shape index (κ2) is 6.65. The molecule has 3 rings (SSSR count). The smallest absolute Gasteiger partial charge is 0.497 e. The maximum atomic E-state index is 14.8. The van der Waals surface area contributed by atoms with Gasteiger partial charge in [0.2, 0.25) is 0 Å². The Balaban J connectivity index is 2.10. The van der Waals surface area contributed by atoms with E-state index in [4.69, 9.17) is 18.8 Å². The van der Waals surface area contributed by atoms with E-state index in [1.807, 2.05) is 27.7 Å². The first kappa shape index (κ1) is 19.4. The van der Waals surface area contributed by atoms with Crippen molar-refractivity contribution in [1.82, 2.24) is 9.78 Å². The van der Waals surface area contributed by atoms with E-state index in [0.29, 0.717) is 11.3 Å². The fraction of sp³-hybridized carbons (Fsp3) is 0.444. The van der Waals surface area contributed by atoms with Crippen LogP contribution in [0.2, 0.25) is 0 Å². The first-order chi connectivity index (χ1) is 12.6. The Morgan fingerprint density at radius 3 is 2.26 bits per heavy atom. The Kier molecular flexibility index (Phi) is 4.77. The Bertz CT molecular complexity index is 912. The SMILES string of the molecule is COc1cc(OC)c(F)c(-n2nc(B3OC(C)(C)C(C)(C)O3)ccc2=O)c1. The average Bonchev–Trinajstić information content (AvgIpc) is 2.83. The zero-order chi connectivity index (χ0) is 20.0. The number of ether oxygens (including phenoxy) is 2. The molecule has 0 amide bonds. The van der Waals surface area contributed by atoms with Crippen LogP contribution in [0.25, 0.3) is 5.69 Å². The van der Waals surface area contributed by atoms with Gasteiger partial charge in [0, 0.05) is 18.2 Å². The number of rotatable bonds is 4. The highest BCUT2D eigenvalue weighted by molar-refractivity contribution is 6.61.